The van der Waals surface area contributed by atoms with E-state index in [4.69, 9.17) is 5.11 Å². The van der Waals surface area contributed by atoms with Gasteiger partial charge in [-0.25, -0.2) is 0 Å². The van der Waals surface area contributed by atoms with E-state index in [2.05, 4.69) is 32.6 Å². The Hall–Kier alpha value is -0.0800. The first-order valence-corrected chi connectivity index (χ1v) is 5.53. The first kappa shape index (κ1) is 12.9. The molecule has 0 amide bonds. The Morgan fingerprint density at radius 1 is 1.08 bits per heavy atom. The second-order valence-corrected chi connectivity index (χ2v) is 3.83. The van der Waals surface area contributed by atoms with E-state index in [1.807, 2.05) is 0 Å². The van der Waals surface area contributed by atoms with Crippen LogP contribution in [0.3, 0.4) is 0 Å². The van der Waals surface area contributed by atoms with Gasteiger partial charge in [0.05, 0.1) is 0 Å². The average Bonchev–Trinajstić information content (AvgIpc) is 2.17. The highest BCUT2D eigenvalue weighted by Gasteiger charge is 2.16. The van der Waals surface area contributed by atoms with Crippen molar-refractivity contribution >= 4 is 0 Å². The van der Waals surface area contributed by atoms with Gasteiger partial charge in [-0.15, -0.1) is 0 Å². The third kappa shape index (κ3) is 4.63. The number of aliphatic hydroxyl groups excluding tert-OH is 1. The molecule has 2 nitrogen and oxygen atoms in total. The molecular formula is C11H25NO. The topological polar surface area (TPSA) is 23.5 Å². The molecule has 0 bridgehead atoms. The Bertz CT molecular complexity index is 107. The fourth-order valence-electron chi connectivity index (χ4n) is 1.60. The van der Waals surface area contributed by atoms with Crippen molar-refractivity contribution in [1.29, 1.82) is 0 Å². The molecule has 0 spiro atoms. The molecule has 0 aromatic heterocycles. The van der Waals surface area contributed by atoms with Crippen LogP contribution < -0.4 is 0 Å². The second kappa shape index (κ2) is 7.34. The number of hydrogen-bond acceptors (Lipinski definition) is 2. The van der Waals surface area contributed by atoms with Gasteiger partial charge in [0.1, 0.15) is 0 Å². The summed E-state index contributed by atoms with van der Waals surface area (Å²) in [5.74, 6) is 0. The molecule has 2 atom stereocenters. The molecule has 2 heteroatoms. The predicted octanol–water partition coefficient (Wildman–Crippen LogP) is 2.27. The molecule has 0 saturated carbocycles. The van der Waals surface area contributed by atoms with Crippen LogP contribution >= 0.6 is 0 Å². The monoisotopic (exact) mass is 187 g/mol. The maximum absolute atomic E-state index is 8.80. The lowest BCUT2D eigenvalue weighted by Crippen LogP contribution is -2.40. The van der Waals surface area contributed by atoms with E-state index in [-0.39, 0.29) is 0 Å². The van der Waals surface area contributed by atoms with Crippen molar-refractivity contribution in [2.24, 2.45) is 0 Å². The van der Waals surface area contributed by atoms with Crippen LogP contribution in [0.15, 0.2) is 0 Å². The molecule has 0 radical (unpaired) electrons. The highest BCUT2D eigenvalue weighted by Crippen LogP contribution is 2.11. The van der Waals surface area contributed by atoms with Crippen LogP contribution in [-0.2, 0) is 0 Å². The van der Waals surface area contributed by atoms with Crippen LogP contribution in [0.4, 0.5) is 0 Å². The number of nitrogens with zero attached hydrogens (tertiary/aromatic N) is 1. The molecule has 80 valence electrons. The molecule has 0 rings (SSSR count). The minimum atomic E-state index is 0.309. The zero-order valence-electron chi connectivity index (χ0n) is 9.58. The van der Waals surface area contributed by atoms with Crippen LogP contribution in [0, 0.1) is 0 Å². The number of aliphatic hydroxyl groups is 1. The van der Waals surface area contributed by atoms with Gasteiger partial charge in [-0.2, -0.15) is 0 Å². The third-order valence-corrected chi connectivity index (χ3v) is 2.89. The highest BCUT2D eigenvalue weighted by molar-refractivity contribution is 4.71. The zero-order chi connectivity index (χ0) is 10.3. The van der Waals surface area contributed by atoms with E-state index in [0.717, 1.165) is 13.0 Å². The molecule has 0 fully saturated rings. The first-order valence-electron chi connectivity index (χ1n) is 5.53. The predicted molar refractivity (Wildman–Crippen MR) is 57.9 cm³/mol. The molecule has 0 aliphatic heterocycles. The maximum Gasteiger partial charge on any atom is 0.0443 e. The van der Waals surface area contributed by atoms with E-state index in [1.54, 1.807) is 0 Å². The van der Waals surface area contributed by atoms with Crippen LogP contribution in [0.5, 0.6) is 0 Å². The van der Waals surface area contributed by atoms with Gasteiger partial charge in [-0.05, 0) is 33.1 Å². The Morgan fingerprint density at radius 2 is 1.54 bits per heavy atom. The summed E-state index contributed by atoms with van der Waals surface area (Å²) in [6.07, 6.45) is 3.28. The average molecular weight is 187 g/mol. The smallest absolute Gasteiger partial charge is 0.0443 e. The number of rotatable bonds is 7. The quantitative estimate of drug-likeness (QED) is 0.661. The molecular weight excluding hydrogens is 162 g/mol. The SMILES string of the molecule is CCC(C)N(CCCO)C(C)CC. The minimum Gasteiger partial charge on any atom is -0.396 e. The fourth-order valence-corrected chi connectivity index (χ4v) is 1.60. The summed E-state index contributed by atoms with van der Waals surface area (Å²) >= 11 is 0. The van der Waals surface area contributed by atoms with Crippen molar-refractivity contribution in [3.63, 3.8) is 0 Å². The molecule has 0 aliphatic rings. The van der Waals surface area contributed by atoms with Crippen molar-refractivity contribution in [2.75, 3.05) is 13.2 Å². The largest absolute Gasteiger partial charge is 0.396 e. The lowest BCUT2D eigenvalue weighted by Gasteiger charge is -2.33. The summed E-state index contributed by atoms with van der Waals surface area (Å²) in [5, 5.41) is 8.80. The van der Waals surface area contributed by atoms with Crippen LogP contribution in [0.1, 0.15) is 47.0 Å². The maximum atomic E-state index is 8.80. The summed E-state index contributed by atoms with van der Waals surface area (Å²) in [7, 11) is 0. The lowest BCUT2D eigenvalue weighted by atomic mass is 10.1. The van der Waals surface area contributed by atoms with Crippen molar-refractivity contribution < 1.29 is 5.11 Å². The van der Waals surface area contributed by atoms with Gasteiger partial charge in [-0.1, -0.05) is 13.8 Å². The Kier molecular flexibility index (Phi) is 7.29. The summed E-state index contributed by atoms with van der Waals surface area (Å²) < 4.78 is 0. The van der Waals surface area contributed by atoms with E-state index < -0.39 is 0 Å². The minimum absolute atomic E-state index is 0.309. The van der Waals surface area contributed by atoms with Gasteiger partial charge in [-0.3, -0.25) is 4.90 Å². The molecule has 1 N–H and O–H groups in total. The zero-order valence-corrected chi connectivity index (χ0v) is 9.58. The Balaban J connectivity index is 4.01. The van der Waals surface area contributed by atoms with Crippen LogP contribution in [0.2, 0.25) is 0 Å². The van der Waals surface area contributed by atoms with Gasteiger partial charge < -0.3 is 5.11 Å². The fraction of sp³-hybridized carbons (Fsp3) is 1.00. The van der Waals surface area contributed by atoms with E-state index >= 15 is 0 Å². The summed E-state index contributed by atoms with van der Waals surface area (Å²) in [6.45, 7) is 10.3. The summed E-state index contributed by atoms with van der Waals surface area (Å²) in [4.78, 5) is 2.50. The molecule has 0 aromatic rings. The van der Waals surface area contributed by atoms with Crippen molar-refractivity contribution in [1.82, 2.24) is 4.90 Å². The van der Waals surface area contributed by atoms with Crippen molar-refractivity contribution in [3.8, 4) is 0 Å². The molecule has 0 aromatic carbocycles. The van der Waals surface area contributed by atoms with Gasteiger partial charge in [0.25, 0.3) is 0 Å². The van der Waals surface area contributed by atoms with Crippen LogP contribution in [0.25, 0.3) is 0 Å². The van der Waals surface area contributed by atoms with Crippen molar-refractivity contribution in [2.45, 2.75) is 59.0 Å². The van der Waals surface area contributed by atoms with Gasteiger partial charge in [0.2, 0.25) is 0 Å². The summed E-state index contributed by atoms with van der Waals surface area (Å²) in [6, 6.07) is 1.28. The summed E-state index contributed by atoms with van der Waals surface area (Å²) in [5.41, 5.74) is 0. The molecule has 13 heavy (non-hydrogen) atoms. The lowest BCUT2D eigenvalue weighted by molar-refractivity contribution is 0.132. The standard InChI is InChI=1S/C11H25NO/c1-5-10(3)12(8-7-9-13)11(4)6-2/h10-11,13H,5-9H2,1-4H3. The second-order valence-electron chi connectivity index (χ2n) is 3.83. The van der Waals surface area contributed by atoms with Crippen molar-refractivity contribution in [3.05, 3.63) is 0 Å². The van der Waals surface area contributed by atoms with E-state index in [9.17, 15) is 0 Å². The molecule has 0 saturated heterocycles. The highest BCUT2D eigenvalue weighted by atomic mass is 16.3. The number of hydrogen-bond donors (Lipinski definition) is 1. The first-order chi connectivity index (χ1) is 6.17. The molecule has 0 aliphatic carbocycles. The Labute approximate surface area is 82.9 Å². The van der Waals surface area contributed by atoms with Crippen LogP contribution in [-0.4, -0.2) is 35.2 Å². The van der Waals surface area contributed by atoms with Gasteiger partial charge in [0.15, 0.2) is 0 Å². The third-order valence-electron chi connectivity index (χ3n) is 2.89. The van der Waals surface area contributed by atoms with Gasteiger partial charge in [0, 0.05) is 25.2 Å². The van der Waals surface area contributed by atoms with Gasteiger partial charge >= 0.3 is 0 Å². The normalized spacial score (nSPS) is 16.2. The molecule has 2 unspecified atom stereocenters. The Morgan fingerprint density at radius 3 is 1.85 bits per heavy atom. The molecule has 0 heterocycles. The van der Waals surface area contributed by atoms with E-state index in [0.29, 0.717) is 18.7 Å². The van der Waals surface area contributed by atoms with E-state index in [1.165, 1.54) is 12.8 Å².